The largest absolute Gasteiger partial charge is 0.389 e. The molecule has 0 atom stereocenters. The van der Waals surface area contributed by atoms with Crippen molar-refractivity contribution in [2.24, 2.45) is 4.99 Å². The number of carbonyl (C=O) groups excluding carboxylic acids is 1. The van der Waals surface area contributed by atoms with Crippen LogP contribution in [-0.2, 0) is 9.53 Å². The Morgan fingerprint density at radius 3 is 2.19 bits per heavy atom. The number of hydrogen-bond donors (Lipinski definition) is 1. The zero-order valence-electron chi connectivity index (χ0n) is 13.2. The molecule has 2 saturated carbocycles. The van der Waals surface area contributed by atoms with Gasteiger partial charge in [0.2, 0.25) is 0 Å². The molecular weight excluding hydrogens is 264 g/mol. The molecule has 0 aromatic rings. The predicted octanol–water partition coefficient (Wildman–Crippen LogP) is 3.72. The summed E-state index contributed by atoms with van der Waals surface area (Å²) in [5.41, 5.74) is 0.414. The van der Waals surface area contributed by atoms with Crippen molar-refractivity contribution in [1.82, 2.24) is 5.32 Å². The summed E-state index contributed by atoms with van der Waals surface area (Å²) in [5.74, 6) is -0.382. The summed E-state index contributed by atoms with van der Waals surface area (Å²) in [7, 11) is 0. The molecule has 0 aromatic carbocycles. The minimum Gasteiger partial charge on any atom is -0.389 e. The average molecular weight is 292 g/mol. The van der Waals surface area contributed by atoms with Gasteiger partial charge in [0, 0.05) is 11.6 Å². The van der Waals surface area contributed by atoms with Crippen LogP contribution in [0, 0.1) is 0 Å². The summed E-state index contributed by atoms with van der Waals surface area (Å²) >= 11 is 0. The summed E-state index contributed by atoms with van der Waals surface area (Å²) in [6, 6.07) is 1.10. The minimum absolute atomic E-state index is 0.294. The fraction of sp³-hybridized carbons (Fsp3) is 0.765. The third-order valence-corrected chi connectivity index (χ3v) is 4.35. The number of carbonyl (C=O) groups is 1. The molecule has 0 heterocycles. The van der Waals surface area contributed by atoms with Gasteiger partial charge in [-0.05, 0) is 32.6 Å². The van der Waals surface area contributed by atoms with Crippen LogP contribution in [0.25, 0.3) is 0 Å². The molecule has 0 radical (unpaired) electrons. The molecule has 0 amide bonds. The van der Waals surface area contributed by atoms with E-state index in [-0.39, 0.29) is 5.97 Å². The lowest BCUT2D eigenvalue weighted by molar-refractivity contribution is -0.131. The van der Waals surface area contributed by atoms with E-state index in [2.05, 4.69) is 16.9 Å². The van der Waals surface area contributed by atoms with Crippen LogP contribution >= 0.6 is 0 Å². The molecule has 0 spiro atoms. The van der Waals surface area contributed by atoms with Crippen LogP contribution in [0.5, 0.6) is 0 Å². The van der Waals surface area contributed by atoms with Gasteiger partial charge in [-0.3, -0.25) is 0 Å². The van der Waals surface area contributed by atoms with Gasteiger partial charge in [-0.1, -0.05) is 45.1 Å². The number of amidine groups is 1. The van der Waals surface area contributed by atoms with Crippen molar-refractivity contribution in [1.29, 1.82) is 0 Å². The van der Waals surface area contributed by atoms with Crippen molar-refractivity contribution >= 4 is 12.0 Å². The Morgan fingerprint density at radius 2 is 1.62 bits per heavy atom. The van der Waals surface area contributed by atoms with Crippen LogP contribution in [-0.4, -0.2) is 24.1 Å². The SMILES string of the molecule is C=C(C)C(=O)OC(=NC1CCCCC1)NC1CCCCC1. The van der Waals surface area contributed by atoms with Crippen molar-refractivity contribution in [3.05, 3.63) is 12.2 Å². The number of esters is 1. The Morgan fingerprint density at radius 1 is 1.05 bits per heavy atom. The highest BCUT2D eigenvalue weighted by atomic mass is 16.6. The quantitative estimate of drug-likeness (QED) is 0.373. The van der Waals surface area contributed by atoms with E-state index in [1.54, 1.807) is 6.92 Å². The van der Waals surface area contributed by atoms with Gasteiger partial charge in [-0.15, -0.1) is 0 Å². The highest BCUT2D eigenvalue weighted by Gasteiger charge is 2.20. The summed E-state index contributed by atoms with van der Waals surface area (Å²) in [5, 5.41) is 3.35. The first-order valence-electron chi connectivity index (χ1n) is 8.37. The Hall–Kier alpha value is -1.32. The fourth-order valence-corrected chi connectivity index (χ4v) is 3.07. The first kappa shape index (κ1) is 16.1. The highest BCUT2D eigenvalue weighted by molar-refractivity contribution is 5.96. The van der Waals surface area contributed by atoms with Crippen molar-refractivity contribution in [2.45, 2.75) is 83.2 Å². The van der Waals surface area contributed by atoms with E-state index in [0.29, 0.717) is 23.7 Å². The van der Waals surface area contributed by atoms with Gasteiger partial charge in [0.25, 0.3) is 6.02 Å². The van der Waals surface area contributed by atoms with Crippen LogP contribution in [0.4, 0.5) is 0 Å². The Balaban J connectivity index is 1.99. The number of ether oxygens (including phenoxy) is 1. The molecule has 2 fully saturated rings. The van der Waals surface area contributed by atoms with E-state index in [0.717, 1.165) is 25.7 Å². The Labute approximate surface area is 128 Å². The topological polar surface area (TPSA) is 50.7 Å². The van der Waals surface area contributed by atoms with Crippen LogP contribution in [0.1, 0.15) is 71.1 Å². The molecule has 2 aliphatic rings. The lowest BCUT2D eigenvalue weighted by Gasteiger charge is -2.25. The number of nitrogens with one attached hydrogen (secondary N) is 1. The summed E-state index contributed by atoms with van der Waals surface area (Å²) < 4.78 is 5.42. The molecule has 1 N–H and O–H groups in total. The van der Waals surface area contributed by atoms with Gasteiger partial charge in [-0.25, -0.2) is 9.79 Å². The molecule has 0 saturated heterocycles. The number of aliphatic imine (C=N–C) groups is 1. The molecule has 4 nitrogen and oxygen atoms in total. The molecule has 4 heteroatoms. The van der Waals surface area contributed by atoms with Crippen LogP contribution in [0.2, 0.25) is 0 Å². The van der Waals surface area contributed by atoms with E-state index in [4.69, 9.17) is 4.74 Å². The summed E-state index contributed by atoms with van der Waals surface area (Å²) in [6.45, 7) is 5.31. The third kappa shape index (κ3) is 5.52. The van der Waals surface area contributed by atoms with Gasteiger partial charge < -0.3 is 10.1 Å². The second kappa shape index (κ2) is 8.20. The fourth-order valence-electron chi connectivity index (χ4n) is 3.07. The molecule has 21 heavy (non-hydrogen) atoms. The average Bonchev–Trinajstić information content (AvgIpc) is 2.49. The van der Waals surface area contributed by atoms with Gasteiger partial charge >= 0.3 is 5.97 Å². The van der Waals surface area contributed by atoms with Crippen LogP contribution in [0.15, 0.2) is 17.1 Å². The summed E-state index contributed by atoms with van der Waals surface area (Å²) in [4.78, 5) is 16.5. The molecule has 2 rings (SSSR count). The Bertz CT molecular complexity index is 392. The molecule has 0 aliphatic heterocycles. The molecule has 0 aromatic heterocycles. The van der Waals surface area contributed by atoms with E-state index in [1.165, 1.54) is 38.5 Å². The maximum atomic E-state index is 11.8. The molecular formula is C17H28N2O2. The normalized spacial score (nSPS) is 21.9. The van der Waals surface area contributed by atoms with E-state index in [1.807, 2.05) is 0 Å². The third-order valence-electron chi connectivity index (χ3n) is 4.35. The number of hydrogen-bond acceptors (Lipinski definition) is 3. The smallest absolute Gasteiger partial charge is 0.340 e. The zero-order valence-corrected chi connectivity index (χ0v) is 13.2. The maximum absolute atomic E-state index is 11.8. The highest BCUT2D eigenvalue weighted by Crippen LogP contribution is 2.21. The second-order valence-electron chi connectivity index (χ2n) is 6.38. The standard InChI is InChI=1S/C17H28N2O2/c1-13(2)16(20)21-17(18-14-9-5-3-6-10-14)19-15-11-7-4-8-12-15/h14-15H,1,3-12H2,2H3,(H,18,19). The lowest BCUT2D eigenvalue weighted by atomic mass is 9.95. The second-order valence-corrected chi connectivity index (χ2v) is 6.38. The summed E-state index contributed by atoms with van der Waals surface area (Å²) in [6.07, 6.45) is 12.0. The molecule has 2 aliphatic carbocycles. The van der Waals surface area contributed by atoms with Gasteiger partial charge in [0.15, 0.2) is 0 Å². The van der Waals surface area contributed by atoms with Crippen molar-refractivity contribution < 1.29 is 9.53 Å². The maximum Gasteiger partial charge on any atom is 0.340 e. The number of rotatable bonds is 3. The lowest BCUT2D eigenvalue weighted by Crippen LogP contribution is -2.39. The van der Waals surface area contributed by atoms with Gasteiger partial charge in [0.05, 0.1) is 6.04 Å². The predicted molar refractivity (Wildman–Crippen MR) is 85.2 cm³/mol. The van der Waals surface area contributed by atoms with E-state index in [9.17, 15) is 4.79 Å². The first-order chi connectivity index (χ1) is 10.1. The number of nitrogens with zero attached hydrogens (tertiary/aromatic N) is 1. The monoisotopic (exact) mass is 292 g/mol. The van der Waals surface area contributed by atoms with Crippen LogP contribution < -0.4 is 5.32 Å². The van der Waals surface area contributed by atoms with E-state index >= 15 is 0 Å². The van der Waals surface area contributed by atoms with Crippen molar-refractivity contribution in [3.63, 3.8) is 0 Å². The molecule has 0 unspecified atom stereocenters. The Kier molecular flexibility index (Phi) is 6.27. The van der Waals surface area contributed by atoms with Crippen molar-refractivity contribution in [2.75, 3.05) is 0 Å². The van der Waals surface area contributed by atoms with Gasteiger partial charge in [-0.2, -0.15) is 0 Å². The first-order valence-corrected chi connectivity index (χ1v) is 8.37. The van der Waals surface area contributed by atoms with Crippen molar-refractivity contribution in [3.8, 4) is 0 Å². The molecule has 0 bridgehead atoms. The van der Waals surface area contributed by atoms with Crippen LogP contribution in [0.3, 0.4) is 0 Å². The van der Waals surface area contributed by atoms with Gasteiger partial charge in [0.1, 0.15) is 0 Å². The molecule has 118 valence electrons. The van der Waals surface area contributed by atoms with E-state index < -0.39 is 0 Å². The zero-order chi connectivity index (χ0) is 15.1. The minimum atomic E-state index is -0.382.